The molecule has 1 aromatic rings. The summed E-state index contributed by atoms with van der Waals surface area (Å²) in [6.07, 6.45) is 5.21. The number of carbonyl (C=O) groups excluding carboxylic acids is 1. The van der Waals surface area contributed by atoms with E-state index in [0.29, 0.717) is 12.0 Å². The molecule has 2 N–H and O–H groups in total. The average molecular weight is 211 g/mol. The van der Waals surface area contributed by atoms with E-state index in [1.807, 2.05) is 0 Å². The van der Waals surface area contributed by atoms with Crippen LogP contribution in [0, 0.1) is 0 Å². The molecule has 5 heteroatoms. The Labute approximate surface area is 87.3 Å². The molecule has 0 radical (unpaired) electrons. The van der Waals surface area contributed by atoms with E-state index in [-0.39, 0.29) is 11.9 Å². The normalized spacial score (nSPS) is 26.2. The van der Waals surface area contributed by atoms with E-state index < -0.39 is 6.17 Å². The van der Waals surface area contributed by atoms with Crippen molar-refractivity contribution in [3.8, 4) is 0 Å². The third-order valence-corrected chi connectivity index (χ3v) is 2.76. The average Bonchev–Trinajstić information content (AvgIpc) is 2.74. The minimum atomic E-state index is -0.908. The molecule has 0 saturated heterocycles. The molecule has 82 valence electrons. The Morgan fingerprint density at radius 3 is 3.00 bits per heavy atom. The van der Waals surface area contributed by atoms with Crippen molar-refractivity contribution >= 4 is 5.91 Å². The van der Waals surface area contributed by atoms with Crippen molar-refractivity contribution in [2.75, 3.05) is 0 Å². The summed E-state index contributed by atoms with van der Waals surface area (Å²) in [5, 5.41) is 8.93. The molecule has 1 heterocycles. The molecule has 2 rings (SSSR count). The molecule has 1 saturated carbocycles. The van der Waals surface area contributed by atoms with Gasteiger partial charge in [-0.25, -0.2) is 4.39 Å². The first-order valence-electron chi connectivity index (χ1n) is 5.21. The first-order valence-corrected chi connectivity index (χ1v) is 5.21. The third-order valence-electron chi connectivity index (χ3n) is 2.76. The van der Waals surface area contributed by atoms with Crippen LogP contribution in [0.25, 0.3) is 0 Å². The highest BCUT2D eigenvalue weighted by atomic mass is 19.1. The number of nitrogens with one attached hydrogen (secondary N) is 2. The maximum absolute atomic E-state index is 13.4. The van der Waals surface area contributed by atoms with Crippen LogP contribution >= 0.6 is 0 Å². The highest BCUT2D eigenvalue weighted by molar-refractivity contribution is 5.93. The summed E-state index contributed by atoms with van der Waals surface area (Å²) < 4.78 is 13.4. The number of hydrogen-bond acceptors (Lipinski definition) is 2. The topological polar surface area (TPSA) is 57.8 Å². The number of H-pyrrole nitrogens is 1. The SMILES string of the molecule is O=C(N[C@@H]1CCCC[C@H]1F)c1cn[nH]c1. The predicted octanol–water partition coefficient (Wildman–Crippen LogP) is 1.42. The van der Waals surface area contributed by atoms with Gasteiger partial charge in [0.1, 0.15) is 6.17 Å². The predicted molar refractivity (Wildman–Crippen MR) is 53.2 cm³/mol. The molecule has 1 aliphatic carbocycles. The number of hydrogen-bond donors (Lipinski definition) is 2. The van der Waals surface area contributed by atoms with Crippen molar-refractivity contribution in [3.63, 3.8) is 0 Å². The van der Waals surface area contributed by atoms with E-state index in [1.54, 1.807) is 0 Å². The lowest BCUT2D eigenvalue weighted by Gasteiger charge is -2.26. The van der Waals surface area contributed by atoms with Crippen LogP contribution in [-0.4, -0.2) is 28.3 Å². The van der Waals surface area contributed by atoms with E-state index in [2.05, 4.69) is 15.5 Å². The van der Waals surface area contributed by atoms with E-state index in [4.69, 9.17) is 0 Å². The summed E-state index contributed by atoms with van der Waals surface area (Å²) in [5.74, 6) is -0.252. The Hall–Kier alpha value is -1.39. The summed E-state index contributed by atoms with van der Waals surface area (Å²) in [7, 11) is 0. The summed E-state index contributed by atoms with van der Waals surface area (Å²) in [6, 6.07) is -0.332. The molecule has 0 bridgehead atoms. The fourth-order valence-corrected chi connectivity index (χ4v) is 1.87. The second-order valence-electron chi connectivity index (χ2n) is 3.87. The number of carbonyl (C=O) groups is 1. The Morgan fingerprint density at radius 2 is 2.33 bits per heavy atom. The number of halogens is 1. The van der Waals surface area contributed by atoms with Crippen molar-refractivity contribution in [1.29, 1.82) is 0 Å². The summed E-state index contributed by atoms with van der Waals surface area (Å²) in [4.78, 5) is 11.6. The van der Waals surface area contributed by atoms with Crippen molar-refractivity contribution in [2.24, 2.45) is 0 Å². The van der Waals surface area contributed by atoms with Crippen molar-refractivity contribution in [3.05, 3.63) is 18.0 Å². The van der Waals surface area contributed by atoms with Gasteiger partial charge in [-0.1, -0.05) is 12.8 Å². The van der Waals surface area contributed by atoms with Crippen LogP contribution in [-0.2, 0) is 0 Å². The molecule has 0 aliphatic heterocycles. The first-order chi connectivity index (χ1) is 7.27. The van der Waals surface area contributed by atoms with Crippen LogP contribution in [0.2, 0.25) is 0 Å². The van der Waals surface area contributed by atoms with Crippen molar-refractivity contribution in [2.45, 2.75) is 37.9 Å². The van der Waals surface area contributed by atoms with Gasteiger partial charge < -0.3 is 5.32 Å². The van der Waals surface area contributed by atoms with Gasteiger partial charge in [-0.15, -0.1) is 0 Å². The minimum absolute atomic E-state index is 0.252. The monoisotopic (exact) mass is 211 g/mol. The molecule has 1 fully saturated rings. The number of rotatable bonds is 2. The number of nitrogens with zero attached hydrogens (tertiary/aromatic N) is 1. The van der Waals surface area contributed by atoms with Crippen LogP contribution in [0.1, 0.15) is 36.0 Å². The molecule has 2 atom stereocenters. The highest BCUT2D eigenvalue weighted by Gasteiger charge is 2.26. The largest absolute Gasteiger partial charge is 0.346 e. The number of aromatic amines is 1. The van der Waals surface area contributed by atoms with Crippen molar-refractivity contribution < 1.29 is 9.18 Å². The molecule has 4 nitrogen and oxygen atoms in total. The van der Waals surface area contributed by atoms with Crippen LogP contribution in [0.5, 0.6) is 0 Å². The maximum atomic E-state index is 13.4. The molecule has 15 heavy (non-hydrogen) atoms. The zero-order valence-electron chi connectivity index (χ0n) is 8.37. The van der Waals surface area contributed by atoms with Gasteiger partial charge in [0.05, 0.1) is 17.8 Å². The van der Waals surface area contributed by atoms with E-state index in [9.17, 15) is 9.18 Å². The zero-order chi connectivity index (χ0) is 10.7. The van der Waals surface area contributed by atoms with E-state index in [0.717, 1.165) is 19.3 Å². The second-order valence-corrected chi connectivity index (χ2v) is 3.87. The highest BCUT2D eigenvalue weighted by Crippen LogP contribution is 2.21. The van der Waals surface area contributed by atoms with E-state index in [1.165, 1.54) is 12.4 Å². The molecule has 1 amide bonds. The van der Waals surface area contributed by atoms with Gasteiger partial charge in [0, 0.05) is 6.20 Å². The van der Waals surface area contributed by atoms with Gasteiger partial charge >= 0.3 is 0 Å². The van der Waals surface area contributed by atoms with Gasteiger partial charge in [0.2, 0.25) is 0 Å². The Morgan fingerprint density at radius 1 is 1.53 bits per heavy atom. The van der Waals surface area contributed by atoms with E-state index >= 15 is 0 Å². The Bertz CT molecular complexity index is 325. The standard InChI is InChI=1S/C10H14FN3O/c11-8-3-1-2-4-9(8)14-10(15)7-5-12-13-6-7/h5-6,8-9H,1-4H2,(H,12,13)(H,14,15)/t8-,9-/m1/s1. The fraction of sp³-hybridized carbons (Fsp3) is 0.600. The van der Waals surface area contributed by atoms with Gasteiger partial charge in [-0.2, -0.15) is 5.10 Å². The molecular formula is C10H14FN3O. The smallest absolute Gasteiger partial charge is 0.254 e. The molecule has 0 spiro atoms. The minimum Gasteiger partial charge on any atom is -0.346 e. The number of amides is 1. The molecule has 1 aromatic heterocycles. The zero-order valence-corrected chi connectivity index (χ0v) is 8.37. The lowest BCUT2D eigenvalue weighted by molar-refractivity contribution is 0.0884. The Balaban J connectivity index is 1.93. The molecule has 0 aromatic carbocycles. The summed E-state index contributed by atoms with van der Waals surface area (Å²) in [5.41, 5.74) is 0.452. The molecular weight excluding hydrogens is 197 g/mol. The summed E-state index contributed by atoms with van der Waals surface area (Å²) >= 11 is 0. The lowest BCUT2D eigenvalue weighted by Crippen LogP contribution is -2.43. The Kier molecular flexibility index (Phi) is 2.99. The quantitative estimate of drug-likeness (QED) is 0.777. The fourth-order valence-electron chi connectivity index (χ4n) is 1.87. The maximum Gasteiger partial charge on any atom is 0.254 e. The van der Waals surface area contributed by atoms with Gasteiger partial charge in [0.25, 0.3) is 5.91 Å². The van der Waals surface area contributed by atoms with Crippen LogP contribution in [0.15, 0.2) is 12.4 Å². The number of alkyl halides is 1. The van der Waals surface area contributed by atoms with Crippen molar-refractivity contribution in [1.82, 2.24) is 15.5 Å². The first kappa shape index (κ1) is 10.1. The lowest BCUT2D eigenvalue weighted by atomic mass is 9.93. The van der Waals surface area contributed by atoms with Gasteiger partial charge in [-0.05, 0) is 12.8 Å². The second kappa shape index (κ2) is 4.42. The number of aromatic nitrogens is 2. The van der Waals surface area contributed by atoms with Gasteiger partial charge in [0.15, 0.2) is 0 Å². The van der Waals surface area contributed by atoms with Crippen LogP contribution < -0.4 is 5.32 Å². The molecule has 1 aliphatic rings. The summed E-state index contributed by atoms with van der Waals surface area (Å²) in [6.45, 7) is 0. The van der Waals surface area contributed by atoms with Crippen LogP contribution in [0.3, 0.4) is 0 Å². The third kappa shape index (κ3) is 2.34. The van der Waals surface area contributed by atoms with Crippen LogP contribution in [0.4, 0.5) is 4.39 Å². The van der Waals surface area contributed by atoms with Gasteiger partial charge in [-0.3, -0.25) is 9.89 Å². The molecule has 0 unspecified atom stereocenters.